The molecule has 0 bridgehead atoms. The molecule has 0 radical (unpaired) electrons. The molecule has 0 aromatic heterocycles. The van der Waals surface area contributed by atoms with Gasteiger partial charge in [0.2, 0.25) is 0 Å². The van der Waals surface area contributed by atoms with E-state index in [0.717, 1.165) is 62.7 Å². The summed E-state index contributed by atoms with van der Waals surface area (Å²) in [4.78, 5) is 11.5. The molecule has 0 amide bonds. The molecule has 2 aromatic carbocycles. The maximum Gasteiger partial charge on any atom is 0.305 e. The number of hydrogen-bond acceptors (Lipinski definition) is 4. The Morgan fingerprint density at radius 1 is 0.947 bits per heavy atom. The minimum absolute atomic E-state index is 0.0719. The average Bonchev–Trinajstić information content (AvgIpc) is 2.90. The summed E-state index contributed by atoms with van der Waals surface area (Å²) in [6.45, 7) is 11.7. The van der Waals surface area contributed by atoms with E-state index in [1.807, 2.05) is 13.0 Å². The lowest BCUT2D eigenvalue weighted by Gasteiger charge is -2.34. The van der Waals surface area contributed by atoms with Crippen LogP contribution >= 0.6 is 0 Å². The summed E-state index contributed by atoms with van der Waals surface area (Å²) in [5.41, 5.74) is 5.48. The number of esters is 1. The van der Waals surface area contributed by atoms with Crippen molar-refractivity contribution in [2.45, 2.75) is 110 Å². The van der Waals surface area contributed by atoms with Gasteiger partial charge in [-0.05, 0) is 93.2 Å². The molecular formula is C34H48O4. The van der Waals surface area contributed by atoms with Crippen LogP contribution in [0.25, 0.3) is 6.08 Å². The zero-order valence-corrected chi connectivity index (χ0v) is 24.3. The molecule has 0 unspecified atom stereocenters. The number of benzene rings is 2. The smallest absolute Gasteiger partial charge is 0.305 e. The fourth-order valence-electron chi connectivity index (χ4n) is 5.86. The fraction of sp³-hybridized carbons (Fsp3) is 0.559. The first-order chi connectivity index (χ1) is 18.3. The highest BCUT2D eigenvalue weighted by molar-refractivity contribution is 5.69. The molecule has 1 saturated carbocycles. The van der Waals surface area contributed by atoms with Crippen LogP contribution in [0.3, 0.4) is 0 Å². The molecule has 0 spiro atoms. The highest BCUT2D eigenvalue weighted by Crippen LogP contribution is 2.41. The number of unbranched alkanes of at least 4 members (excludes halogenated alkanes) is 1. The third kappa shape index (κ3) is 7.50. The van der Waals surface area contributed by atoms with E-state index in [9.17, 15) is 9.90 Å². The molecule has 2 aromatic rings. The van der Waals surface area contributed by atoms with E-state index in [-0.39, 0.29) is 11.4 Å². The Morgan fingerprint density at radius 2 is 1.61 bits per heavy atom. The summed E-state index contributed by atoms with van der Waals surface area (Å²) in [7, 11) is 0. The molecule has 0 aliphatic heterocycles. The number of carbonyl (C=O) groups excluding carboxylic acids is 1. The van der Waals surface area contributed by atoms with Gasteiger partial charge < -0.3 is 14.6 Å². The molecule has 3 rings (SSSR count). The van der Waals surface area contributed by atoms with E-state index < -0.39 is 5.60 Å². The van der Waals surface area contributed by atoms with Crippen molar-refractivity contribution < 1.29 is 19.4 Å². The van der Waals surface area contributed by atoms with Gasteiger partial charge in [0, 0.05) is 11.8 Å². The molecule has 0 atom stereocenters. The largest absolute Gasteiger partial charge is 0.493 e. The molecule has 38 heavy (non-hydrogen) atoms. The molecule has 0 heterocycles. The van der Waals surface area contributed by atoms with Crippen molar-refractivity contribution in [3.8, 4) is 5.75 Å². The second-order valence-corrected chi connectivity index (χ2v) is 10.9. The summed E-state index contributed by atoms with van der Waals surface area (Å²) in [6, 6.07) is 13.4. The molecule has 1 N–H and O–H groups in total. The average molecular weight is 521 g/mol. The summed E-state index contributed by atoms with van der Waals surface area (Å²) in [5, 5.41) is 10.9. The Morgan fingerprint density at radius 3 is 2.21 bits per heavy atom. The molecule has 0 saturated heterocycles. The minimum atomic E-state index is -0.651. The minimum Gasteiger partial charge on any atom is -0.493 e. The Labute approximate surface area is 230 Å². The third-order valence-corrected chi connectivity index (χ3v) is 8.39. The zero-order chi connectivity index (χ0) is 27.6. The Balaban J connectivity index is 1.73. The van der Waals surface area contributed by atoms with Crippen LogP contribution in [0, 0.1) is 13.8 Å². The summed E-state index contributed by atoms with van der Waals surface area (Å²) >= 11 is 0. The second-order valence-electron chi connectivity index (χ2n) is 10.9. The van der Waals surface area contributed by atoms with Crippen LogP contribution in [-0.4, -0.2) is 29.9 Å². The van der Waals surface area contributed by atoms with Gasteiger partial charge in [-0.1, -0.05) is 75.6 Å². The van der Waals surface area contributed by atoms with Crippen molar-refractivity contribution in [1.29, 1.82) is 0 Å². The fourth-order valence-corrected chi connectivity index (χ4v) is 5.86. The maximum absolute atomic E-state index is 11.5. The third-order valence-electron chi connectivity index (χ3n) is 8.39. The summed E-state index contributed by atoms with van der Waals surface area (Å²) < 4.78 is 11.0. The number of aryl methyl sites for hydroxylation is 2. The first-order valence-electron chi connectivity index (χ1n) is 14.7. The van der Waals surface area contributed by atoms with Gasteiger partial charge in [-0.15, -0.1) is 0 Å². The molecule has 1 aliphatic rings. The molecule has 4 heteroatoms. The van der Waals surface area contributed by atoms with Crippen molar-refractivity contribution in [2.24, 2.45) is 0 Å². The van der Waals surface area contributed by atoms with Crippen molar-refractivity contribution in [2.75, 3.05) is 13.2 Å². The molecule has 4 nitrogen and oxygen atoms in total. The molecule has 208 valence electrons. The highest BCUT2D eigenvalue weighted by Gasteiger charge is 2.31. The number of carbonyl (C=O) groups is 1. The van der Waals surface area contributed by atoms with Crippen LogP contribution in [0.15, 0.2) is 42.5 Å². The van der Waals surface area contributed by atoms with E-state index in [0.29, 0.717) is 19.6 Å². The van der Waals surface area contributed by atoms with Crippen LogP contribution in [0.2, 0.25) is 0 Å². The van der Waals surface area contributed by atoms with Crippen LogP contribution in [0.4, 0.5) is 0 Å². The summed E-state index contributed by atoms with van der Waals surface area (Å²) in [5.74, 6) is 0.771. The van der Waals surface area contributed by atoms with Crippen molar-refractivity contribution in [1.82, 2.24) is 0 Å². The predicted octanol–water partition coefficient (Wildman–Crippen LogP) is 8.23. The second kappa shape index (κ2) is 14.0. The molecular weight excluding hydrogens is 472 g/mol. The van der Waals surface area contributed by atoms with Crippen LogP contribution in [-0.2, 0) is 14.9 Å². The van der Waals surface area contributed by atoms with E-state index in [2.05, 4.69) is 70.2 Å². The molecule has 1 aliphatic carbocycles. The van der Waals surface area contributed by atoms with E-state index in [1.165, 1.54) is 28.7 Å². The van der Waals surface area contributed by atoms with E-state index in [4.69, 9.17) is 9.47 Å². The van der Waals surface area contributed by atoms with Gasteiger partial charge in [0.25, 0.3) is 0 Å². The van der Waals surface area contributed by atoms with Gasteiger partial charge in [0.1, 0.15) is 5.75 Å². The standard InChI is InChI=1S/C34H48O4/c1-6-34(7-2,29-16-15-28(26(4)24-29)19-22-33(36)20-11-9-12-21-33)30-17-18-31(27(5)25-30)38-23-13-10-14-32(35)37-8-3/h15-19,22,24-25,36H,6-14,20-21,23H2,1-5H3. The Hall–Kier alpha value is -2.59. The van der Waals surface area contributed by atoms with Crippen LogP contribution < -0.4 is 4.74 Å². The van der Waals surface area contributed by atoms with Crippen molar-refractivity contribution in [3.05, 3.63) is 70.3 Å². The van der Waals surface area contributed by atoms with Gasteiger partial charge in [-0.2, -0.15) is 0 Å². The number of aliphatic hydroxyl groups is 1. The molecule has 1 fully saturated rings. The quantitative estimate of drug-likeness (QED) is 0.213. The predicted molar refractivity (Wildman–Crippen MR) is 157 cm³/mol. The maximum atomic E-state index is 11.5. The lowest BCUT2D eigenvalue weighted by Crippen LogP contribution is -2.28. The number of hydrogen-bond donors (Lipinski definition) is 1. The van der Waals surface area contributed by atoms with Crippen molar-refractivity contribution >= 4 is 12.0 Å². The first kappa shape index (κ1) is 30.0. The van der Waals surface area contributed by atoms with E-state index >= 15 is 0 Å². The van der Waals surface area contributed by atoms with Gasteiger partial charge in [0.05, 0.1) is 18.8 Å². The Bertz CT molecular complexity index is 1070. The van der Waals surface area contributed by atoms with E-state index in [1.54, 1.807) is 0 Å². The number of rotatable bonds is 13. The first-order valence-corrected chi connectivity index (χ1v) is 14.7. The monoisotopic (exact) mass is 520 g/mol. The van der Waals surface area contributed by atoms with Crippen molar-refractivity contribution in [3.63, 3.8) is 0 Å². The lowest BCUT2D eigenvalue weighted by atomic mass is 9.70. The SMILES string of the molecule is CCOC(=O)CCCCOc1ccc(C(CC)(CC)c2ccc(C=CC3(O)CCCCC3)c(C)c2)cc1C. The number of ether oxygens (including phenoxy) is 2. The summed E-state index contributed by atoms with van der Waals surface area (Å²) in [6.07, 6.45) is 13.4. The Kier molecular flexibility index (Phi) is 11.0. The van der Waals surface area contributed by atoms with Gasteiger partial charge >= 0.3 is 5.97 Å². The normalized spacial score (nSPS) is 15.5. The van der Waals surface area contributed by atoms with Gasteiger partial charge in [-0.25, -0.2) is 0 Å². The highest BCUT2D eigenvalue weighted by atomic mass is 16.5. The zero-order valence-electron chi connectivity index (χ0n) is 24.3. The van der Waals surface area contributed by atoms with Crippen LogP contribution in [0.5, 0.6) is 5.75 Å². The van der Waals surface area contributed by atoms with Gasteiger partial charge in [0.15, 0.2) is 0 Å². The lowest BCUT2D eigenvalue weighted by molar-refractivity contribution is -0.143. The van der Waals surface area contributed by atoms with Gasteiger partial charge in [-0.3, -0.25) is 4.79 Å². The topological polar surface area (TPSA) is 55.8 Å². The van der Waals surface area contributed by atoms with Crippen LogP contribution in [0.1, 0.15) is 113 Å².